The van der Waals surface area contributed by atoms with Gasteiger partial charge in [-0.15, -0.1) is 0 Å². The molecule has 1 N–H and O–H groups in total. The summed E-state index contributed by atoms with van der Waals surface area (Å²) in [6.45, 7) is 1.94. The molecule has 2 heterocycles. The molecule has 4 rings (SSSR count). The van der Waals surface area contributed by atoms with Crippen LogP contribution >= 0.6 is 11.3 Å². The number of aromatic nitrogens is 2. The summed E-state index contributed by atoms with van der Waals surface area (Å²) in [5.74, 6) is 0.980. The van der Waals surface area contributed by atoms with E-state index in [2.05, 4.69) is 15.3 Å². The number of carbonyl (C=O) groups is 1. The molecule has 0 unspecified atom stereocenters. The number of carbonyl (C=O) groups excluding carboxylic acids is 1. The summed E-state index contributed by atoms with van der Waals surface area (Å²) in [5, 5.41) is 3.83. The molecule has 0 aliphatic rings. The van der Waals surface area contributed by atoms with Gasteiger partial charge in [0.1, 0.15) is 15.4 Å². The van der Waals surface area contributed by atoms with Crippen molar-refractivity contribution in [2.24, 2.45) is 0 Å². The lowest BCUT2D eigenvalue weighted by Crippen LogP contribution is -2.13. The summed E-state index contributed by atoms with van der Waals surface area (Å²) >= 11 is 1.51. The smallest absolute Gasteiger partial charge is 0.255 e. The van der Waals surface area contributed by atoms with Gasteiger partial charge >= 0.3 is 0 Å². The number of methoxy groups -OCH3 is 3. The lowest BCUT2D eigenvalue weighted by molar-refractivity contribution is 0.102. The topological polar surface area (TPSA) is 82.6 Å². The zero-order chi connectivity index (χ0) is 22.0. The van der Waals surface area contributed by atoms with Crippen LogP contribution < -0.4 is 19.5 Å². The fourth-order valence-electron chi connectivity index (χ4n) is 3.19. The summed E-state index contributed by atoms with van der Waals surface area (Å²) in [7, 11) is 4.55. The van der Waals surface area contributed by atoms with Crippen LogP contribution in [0.1, 0.15) is 15.9 Å². The van der Waals surface area contributed by atoms with Gasteiger partial charge in [0.05, 0.1) is 21.3 Å². The Labute approximate surface area is 183 Å². The number of fused-ring (bicyclic) bond motifs is 1. The summed E-state index contributed by atoms with van der Waals surface area (Å²) in [4.78, 5) is 22.9. The molecule has 7 nitrogen and oxygen atoms in total. The number of ether oxygens (including phenoxy) is 3. The van der Waals surface area contributed by atoms with Crippen LogP contribution in [-0.2, 0) is 0 Å². The van der Waals surface area contributed by atoms with E-state index in [1.807, 2.05) is 37.3 Å². The van der Waals surface area contributed by atoms with Gasteiger partial charge in [-0.05, 0) is 42.8 Å². The maximum Gasteiger partial charge on any atom is 0.255 e. The van der Waals surface area contributed by atoms with E-state index in [1.54, 1.807) is 18.3 Å². The van der Waals surface area contributed by atoms with Crippen LogP contribution in [0.5, 0.6) is 17.2 Å². The van der Waals surface area contributed by atoms with Gasteiger partial charge in [-0.2, -0.15) is 0 Å². The van der Waals surface area contributed by atoms with Gasteiger partial charge in [0, 0.05) is 23.0 Å². The quantitative estimate of drug-likeness (QED) is 0.462. The zero-order valence-electron chi connectivity index (χ0n) is 17.6. The minimum absolute atomic E-state index is 0.287. The first-order chi connectivity index (χ1) is 15.0. The highest BCUT2D eigenvalue weighted by Gasteiger charge is 2.18. The number of anilines is 1. The second kappa shape index (κ2) is 8.61. The third kappa shape index (κ3) is 4.02. The molecule has 158 valence electrons. The minimum atomic E-state index is -0.287. The second-order valence-electron chi connectivity index (χ2n) is 6.74. The molecule has 0 saturated heterocycles. The number of amides is 1. The van der Waals surface area contributed by atoms with Crippen molar-refractivity contribution in [2.75, 3.05) is 26.6 Å². The van der Waals surface area contributed by atoms with Crippen molar-refractivity contribution in [2.45, 2.75) is 6.92 Å². The number of nitrogens with zero attached hydrogens (tertiary/aromatic N) is 2. The number of pyridine rings is 1. The standard InChI is InChI=1S/C23H21N3O4S/c1-13-7-8-14(22-26-16-6-5-9-24-23(16)31-22)10-17(13)25-21(27)15-11-18(28-2)20(30-4)19(12-15)29-3/h5-12H,1-4H3,(H,25,27). The summed E-state index contributed by atoms with van der Waals surface area (Å²) < 4.78 is 16.0. The summed E-state index contributed by atoms with van der Waals surface area (Å²) in [5.41, 5.74) is 3.79. The van der Waals surface area contributed by atoms with E-state index >= 15 is 0 Å². The molecule has 0 fully saturated rings. The van der Waals surface area contributed by atoms with Gasteiger partial charge in [-0.3, -0.25) is 4.79 Å². The van der Waals surface area contributed by atoms with Crippen LogP contribution in [0, 0.1) is 6.92 Å². The average Bonchev–Trinajstić information content (AvgIpc) is 3.23. The number of thiazole rings is 1. The zero-order valence-corrected chi connectivity index (χ0v) is 18.4. The van der Waals surface area contributed by atoms with Crippen LogP contribution in [-0.4, -0.2) is 37.2 Å². The fraction of sp³-hybridized carbons (Fsp3) is 0.174. The average molecular weight is 436 g/mol. The Morgan fingerprint density at radius 3 is 2.39 bits per heavy atom. The molecule has 1 amide bonds. The number of benzene rings is 2. The molecule has 4 aromatic rings. The number of aryl methyl sites for hydroxylation is 1. The third-order valence-corrected chi connectivity index (χ3v) is 5.85. The first kappa shape index (κ1) is 20.6. The minimum Gasteiger partial charge on any atom is -0.493 e. The van der Waals surface area contributed by atoms with Gasteiger partial charge in [0.15, 0.2) is 11.5 Å². The van der Waals surface area contributed by atoms with Crippen LogP contribution in [0.25, 0.3) is 20.9 Å². The fourth-order valence-corrected chi connectivity index (χ4v) is 4.09. The summed E-state index contributed by atoms with van der Waals surface area (Å²) in [6.07, 6.45) is 1.75. The van der Waals surface area contributed by atoms with Gasteiger partial charge in [-0.1, -0.05) is 23.5 Å². The summed E-state index contributed by atoms with van der Waals surface area (Å²) in [6, 6.07) is 12.9. The highest BCUT2D eigenvalue weighted by atomic mass is 32.1. The number of hydrogen-bond acceptors (Lipinski definition) is 7. The van der Waals surface area contributed by atoms with Crippen molar-refractivity contribution < 1.29 is 19.0 Å². The molecule has 0 atom stereocenters. The van der Waals surface area contributed by atoms with Crippen molar-refractivity contribution >= 4 is 33.3 Å². The molecular weight excluding hydrogens is 414 g/mol. The van der Waals surface area contributed by atoms with Crippen molar-refractivity contribution in [1.82, 2.24) is 9.97 Å². The van der Waals surface area contributed by atoms with E-state index in [-0.39, 0.29) is 5.91 Å². The van der Waals surface area contributed by atoms with E-state index in [4.69, 9.17) is 14.2 Å². The van der Waals surface area contributed by atoms with Crippen LogP contribution in [0.15, 0.2) is 48.7 Å². The number of nitrogens with one attached hydrogen (secondary N) is 1. The molecule has 0 bridgehead atoms. The van der Waals surface area contributed by atoms with Gasteiger partial charge in [-0.25, -0.2) is 9.97 Å². The van der Waals surface area contributed by atoms with Crippen molar-refractivity contribution in [3.63, 3.8) is 0 Å². The Kier molecular flexibility index (Phi) is 5.73. The molecule has 0 radical (unpaired) electrons. The Morgan fingerprint density at radius 2 is 1.74 bits per heavy atom. The van der Waals surface area contributed by atoms with E-state index in [0.29, 0.717) is 28.5 Å². The molecular formula is C23H21N3O4S. The van der Waals surface area contributed by atoms with E-state index in [1.165, 1.54) is 32.7 Å². The van der Waals surface area contributed by atoms with Crippen molar-refractivity contribution in [3.05, 3.63) is 59.8 Å². The largest absolute Gasteiger partial charge is 0.493 e. The van der Waals surface area contributed by atoms with Crippen molar-refractivity contribution in [3.8, 4) is 27.8 Å². The van der Waals surface area contributed by atoms with Gasteiger partial charge in [0.2, 0.25) is 5.75 Å². The molecule has 2 aromatic carbocycles. The molecule has 2 aromatic heterocycles. The first-order valence-corrected chi connectivity index (χ1v) is 10.3. The van der Waals surface area contributed by atoms with Gasteiger partial charge < -0.3 is 19.5 Å². The van der Waals surface area contributed by atoms with Gasteiger partial charge in [0.25, 0.3) is 5.91 Å². The Balaban J connectivity index is 1.66. The normalized spacial score (nSPS) is 10.7. The number of hydrogen-bond donors (Lipinski definition) is 1. The molecule has 0 spiro atoms. The molecule has 31 heavy (non-hydrogen) atoms. The predicted octanol–water partition coefficient (Wildman–Crippen LogP) is 4.94. The SMILES string of the molecule is COc1cc(C(=O)Nc2cc(-c3nc4cccnc4s3)ccc2C)cc(OC)c1OC. The highest BCUT2D eigenvalue weighted by Crippen LogP contribution is 2.38. The molecule has 8 heteroatoms. The monoisotopic (exact) mass is 435 g/mol. The van der Waals surface area contributed by atoms with Crippen LogP contribution in [0.4, 0.5) is 5.69 Å². The Bertz CT molecular complexity index is 1210. The molecule has 0 saturated carbocycles. The highest BCUT2D eigenvalue weighted by molar-refractivity contribution is 7.21. The predicted molar refractivity (Wildman–Crippen MR) is 122 cm³/mol. The van der Waals surface area contributed by atoms with Crippen molar-refractivity contribution in [1.29, 1.82) is 0 Å². The van der Waals surface area contributed by atoms with E-state index < -0.39 is 0 Å². The second-order valence-corrected chi connectivity index (χ2v) is 7.72. The van der Waals surface area contributed by atoms with Crippen LogP contribution in [0.3, 0.4) is 0 Å². The number of rotatable bonds is 6. The molecule has 0 aliphatic heterocycles. The first-order valence-electron chi connectivity index (χ1n) is 9.48. The Morgan fingerprint density at radius 1 is 1.00 bits per heavy atom. The van der Waals surface area contributed by atoms with E-state index in [9.17, 15) is 4.79 Å². The Hall–Kier alpha value is -3.65. The van der Waals surface area contributed by atoms with Crippen LogP contribution in [0.2, 0.25) is 0 Å². The van der Waals surface area contributed by atoms with E-state index in [0.717, 1.165) is 26.5 Å². The lowest BCUT2D eigenvalue weighted by atomic mass is 10.1. The molecule has 0 aliphatic carbocycles. The maximum atomic E-state index is 13.0. The maximum absolute atomic E-state index is 13.0. The lowest BCUT2D eigenvalue weighted by Gasteiger charge is -2.15. The third-order valence-electron chi connectivity index (χ3n) is 4.83.